The number of ether oxygens (including phenoxy) is 2. The summed E-state index contributed by atoms with van der Waals surface area (Å²) in [6.07, 6.45) is 4.49. The van der Waals surface area contributed by atoms with Gasteiger partial charge >= 0.3 is 0 Å². The molecule has 1 aliphatic carbocycles. The largest absolute Gasteiger partial charge is 0.380 e. The molecule has 2 atom stereocenters. The summed E-state index contributed by atoms with van der Waals surface area (Å²) in [6.45, 7) is 6.59. The molecule has 0 radical (unpaired) electrons. The highest BCUT2D eigenvalue weighted by molar-refractivity contribution is 5.70. The second kappa shape index (κ2) is 6.11. The molecule has 2 rings (SSSR count). The van der Waals surface area contributed by atoms with Gasteiger partial charge in [-0.3, -0.25) is 0 Å². The molecule has 1 aliphatic rings. The lowest BCUT2D eigenvalue weighted by Crippen LogP contribution is -2.50. The molecule has 0 saturated heterocycles. The Morgan fingerprint density at radius 2 is 1.55 bits per heavy atom. The van der Waals surface area contributed by atoms with Crippen LogP contribution in [0.2, 0.25) is 0 Å². The van der Waals surface area contributed by atoms with Crippen LogP contribution in [0.1, 0.15) is 44.7 Å². The van der Waals surface area contributed by atoms with Crippen LogP contribution in [-0.2, 0) is 14.9 Å². The van der Waals surface area contributed by atoms with E-state index in [0.717, 1.165) is 12.8 Å². The van der Waals surface area contributed by atoms with Gasteiger partial charge in [0.25, 0.3) is 0 Å². The highest BCUT2D eigenvalue weighted by Crippen LogP contribution is 2.49. The van der Waals surface area contributed by atoms with Crippen molar-refractivity contribution in [3.8, 4) is 0 Å². The summed E-state index contributed by atoms with van der Waals surface area (Å²) in [4.78, 5) is 0. The third-order valence-corrected chi connectivity index (χ3v) is 4.76. The van der Waals surface area contributed by atoms with E-state index in [0.29, 0.717) is 0 Å². The lowest BCUT2D eigenvalue weighted by atomic mass is 9.67. The van der Waals surface area contributed by atoms with Gasteiger partial charge in [0.2, 0.25) is 0 Å². The summed E-state index contributed by atoms with van der Waals surface area (Å²) in [5.74, 6) is 0. The van der Waals surface area contributed by atoms with E-state index in [-0.39, 0.29) is 17.6 Å². The predicted octanol–water partition coefficient (Wildman–Crippen LogP) is 4.19. The highest BCUT2D eigenvalue weighted by Gasteiger charge is 2.51. The van der Waals surface area contributed by atoms with E-state index in [1.54, 1.807) is 0 Å². The molecule has 20 heavy (non-hydrogen) atoms. The van der Waals surface area contributed by atoms with Crippen LogP contribution in [0.15, 0.2) is 29.8 Å². The van der Waals surface area contributed by atoms with Crippen LogP contribution >= 0.6 is 0 Å². The molecule has 0 saturated carbocycles. The van der Waals surface area contributed by atoms with Crippen LogP contribution in [-0.4, -0.2) is 26.4 Å². The summed E-state index contributed by atoms with van der Waals surface area (Å²) in [5, 5.41) is 0. The molecule has 0 amide bonds. The predicted molar refractivity (Wildman–Crippen MR) is 83.9 cm³/mol. The Hall–Kier alpha value is -1.12. The lowest BCUT2D eigenvalue weighted by molar-refractivity contribution is -0.0416. The highest BCUT2D eigenvalue weighted by atomic mass is 16.5. The van der Waals surface area contributed by atoms with E-state index < -0.39 is 0 Å². The minimum atomic E-state index is -0.163. The van der Waals surface area contributed by atoms with Crippen molar-refractivity contribution in [3.63, 3.8) is 0 Å². The lowest BCUT2D eigenvalue weighted by Gasteiger charge is -2.44. The standard InChI is InChI=1S/C18H26O2/c1-6-16(19-4)18(17(7-2)20-5)13(3)12-14-10-8-9-11-15(14)18/h8-12,16-17H,6-7H2,1-5H3. The maximum atomic E-state index is 5.88. The summed E-state index contributed by atoms with van der Waals surface area (Å²) in [5.41, 5.74) is 3.83. The first-order valence-electron chi connectivity index (χ1n) is 7.50. The SMILES string of the molecule is CCC(OC)C1(C(CC)OC)C(C)=Cc2ccccc21. The number of rotatable bonds is 6. The van der Waals surface area contributed by atoms with Crippen molar-refractivity contribution in [1.29, 1.82) is 0 Å². The van der Waals surface area contributed by atoms with Gasteiger partial charge in [-0.05, 0) is 30.9 Å². The zero-order valence-electron chi connectivity index (χ0n) is 13.3. The first-order chi connectivity index (χ1) is 9.66. The Morgan fingerprint density at radius 1 is 1.00 bits per heavy atom. The Balaban J connectivity index is 2.67. The number of hydrogen-bond donors (Lipinski definition) is 0. The van der Waals surface area contributed by atoms with E-state index in [9.17, 15) is 0 Å². The maximum absolute atomic E-state index is 5.88. The van der Waals surface area contributed by atoms with Gasteiger partial charge in [0.05, 0.1) is 17.6 Å². The normalized spacial score (nSPS) is 24.1. The van der Waals surface area contributed by atoms with Gasteiger partial charge in [-0.25, -0.2) is 0 Å². The van der Waals surface area contributed by atoms with E-state index in [2.05, 4.69) is 51.1 Å². The molecule has 0 bridgehead atoms. The van der Waals surface area contributed by atoms with Crippen molar-refractivity contribution >= 4 is 6.08 Å². The van der Waals surface area contributed by atoms with Crippen LogP contribution in [0.5, 0.6) is 0 Å². The van der Waals surface area contributed by atoms with Gasteiger partial charge < -0.3 is 9.47 Å². The first kappa shape index (κ1) is 15.3. The van der Waals surface area contributed by atoms with Crippen LogP contribution in [0, 0.1) is 0 Å². The third-order valence-electron chi connectivity index (χ3n) is 4.76. The topological polar surface area (TPSA) is 18.5 Å². The van der Waals surface area contributed by atoms with Crippen LogP contribution in [0.25, 0.3) is 6.08 Å². The van der Waals surface area contributed by atoms with Crippen molar-refractivity contribution in [3.05, 3.63) is 41.0 Å². The fraction of sp³-hybridized carbons (Fsp3) is 0.556. The molecule has 2 heteroatoms. The smallest absolute Gasteiger partial charge is 0.0728 e. The Morgan fingerprint density at radius 3 is 2.05 bits per heavy atom. The molecular weight excluding hydrogens is 248 g/mol. The number of methoxy groups -OCH3 is 2. The number of benzene rings is 1. The van der Waals surface area contributed by atoms with Gasteiger partial charge in [0, 0.05) is 14.2 Å². The molecule has 1 aromatic rings. The number of fused-ring (bicyclic) bond motifs is 1. The molecule has 0 N–H and O–H groups in total. The van der Waals surface area contributed by atoms with Gasteiger partial charge in [-0.1, -0.05) is 49.8 Å². The minimum Gasteiger partial charge on any atom is -0.380 e. The van der Waals surface area contributed by atoms with Crippen molar-refractivity contribution in [2.24, 2.45) is 0 Å². The number of hydrogen-bond acceptors (Lipinski definition) is 2. The van der Waals surface area contributed by atoms with Crippen molar-refractivity contribution in [2.75, 3.05) is 14.2 Å². The molecule has 0 aliphatic heterocycles. The van der Waals surface area contributed by atoms with Crippen LogP contribution in [0.4, 0.5) is 0 Å². The quantitative estimate of drug-likeness (QED) is 0.774. The summed E-state index contributed by atoms with van der Waals surface area (Å²) in [6, 6.07) is 8.63. The zero-order valence-corrected chi connectivity index (χ0v) is 13.3. The molecule has 2 unspecified atom stereocenters. The summed E-state index contributed by atoms with van der Waals surface area (Å²) < 4.78 is 11.8. The fourth-order valence-electron chi connectivity index (χ4n) is 3.98. The van der Waals surface area contributed by atoms with Crippen LogP contribution in [0.3, 0.4) is 0 Å². The molecule has 0 fully saturated rings. The second-order valence-corrected chi connectivity index (χ2v) is 5.55. The van der Waals surface area contributed by atoms with Crippen molar-refractivity contribution in [1.82, 2.24) is 0 Å². The maximum Gasteiger partial charge on any atom is 0.0728 e. The van der Waals surface area contributed by atoms with E-state index in [1.165, 1.54) is 16.7 Å². The molecule has 2 nitrogen and oxygen atoms in total. The van der Waals surface area contributed by atoms with Gasteiger partial charge in [-0.15, -0.1) is 0 Å². The van der Waals surface area contributed by atoms with Crippen molar-refractivity contribution < 1.29 is 9.47 Å². The second-order valence-electron chi connectivity index (χ2n) is 5.55. The molecule has 1 aromatic carbocycles. The average Bonchev–Trinajstić information content (AvgIpc) is 2.76. The Kier molecular flexibility index (Phi) is 4.66. The fourth-order valence-corrected chi connectivity index (χ4v) is 3.98. The van der Waals surface area contributed by atoms with Gasteiger partial charge in [0.15, 0.2) is 0 Å². The molecule has 110 valence electrons. The monoisotopic (exact) mass is 274 g/mol. The van der Waals surface area contributed by atoms with Crippen LogP contribution < -0.4 is 0 Å². The zero-order chi connectivity index (χ0) is 14.8. The Labute approximate surface area is 122 Å². The van der Waals surface area contributed by atoms with Gasteiger partial charge in [-0.2, -0.15) is 0 Å². The summed E-state index contributed by atoms with van der Waals surface area (Å²) in [7, 11) is 3.62. The van der Waals surface area contributed by atoms with Crippen molar-refractivity contribution in [2.45, 2.75) is 51.2 Å². The minimum absolute atomic E-state index is 0.132. The average molecular weight is 274 g/mol. The molecule has 0 spiro atoms. The van der Waals surface area contributed by atoms with E-state index in [4.69, 9.17) is 9.47 Å². The first-order valence-corrected chi connectivity index (χ1v) is 7.50. The molecule has 0 aromatic heterocycles. The Bertz CT molecular complexity index is 470. The molecular formula is C18H26O2. The van der Waals surface area contributed by atoms with E-state index in [1.807, 2.05) is 14.2 Å². The van der Waals surface area contributed by atoms with E-state index >= 15 is 0 Å². The summed E-state index contributed by atoms with van der Waals surface area (Å²) >= 11 is 0. The van der Waals surface area contributed by atoms with Gasteiger partial charge in [0.1, 0.15) is 0 Å². The molecule has 0 heterocycles. The third kappa shape index (κ3) is 2.02.